The van der Waals surface area contributed by atoms with Gasteiger partial charge in [0.15, 0.2) is 0 Å². The molecule has 1 aliphatic rings. The summed E-state index contributed by atoms with van der Waals surface area (Å²) in [6, 6.07) is 14.6. The second kappa shape index (κ2) is 8.68. The lowest BCUT2D eigenvalue weighted by atomic mass is 9.95. The molecule has 0 saturated heterocycles. The van der Waals surface area contributed by atoms with E-state index in [2.05, 4.69) is 22.0 Å². The molecule has 6 heteroatoms. The Morgan fingerprint density at radius 2 is 1.85 bits per heavy atom. The molecule has 6 nitrogen and oxygen atoms in total. The number of para-hydroxylation sites is 1. The molecule has 2 aromatic rings. The summed E-state index contributed by atoms with van der Waals surface area (Å²) < 4.78 is 5.28. The fourth-order valence-corrected chi connectivity index (χ4v) is 3.20. The average Bonchev–Trinajstić information content (AvgIpc) is 2.71. The third-order valence-corrected chi connectivity index (χ3v) is 4.80. The van der Waals surface area contributed by atoms with Crippen LogP contribution < -0.4 is 20.7 Å². The van der Waals surface area contributed by atoms with Crippen LogP contribution in [0.2, 0.25) is 0 Å². The summed E-state index contributed by atoms with van der Waals surface area (Å²) in [5.41, 5.74) is 3.27. The molecule has 3 N–H and O–H groups in total. The van der Waals surface area contributed by atoms with Gasteiger partial charge in [-0.2, -0.15) is 0 Å². The molecule has 0 bridgehead atoms. The Kier molecular flexibility index (Phi) is 6.08. The van der Waals surface area contributed by atoms with Crippen molar-refractivity contribution in [2.24, 2.45) is 0 Å². The van der Waals surface area contributed by atoms with E-state index in [1.807, 2.05) is 42.5 Å². The minimum Gasteiger partial charge on any atom is -0.496 e. The highest BCUT2D eigenvalue weighted by Gasteiger charge is 2.26. The number of fused-ring (bicyclic) bond motifs is 1. The summed E-state index contributed by atoms with van der Waals surface area (Å²) in [6.45, 7) is 2.69. The lowest BCUT2D eigenvalue weighted by Crippen LogP contribution is -2.53. The maximum absolute atomic E-state index is 12.5. The van der Waals surface area contributed by atoms with Crippen molar-refractivity contribution in [1.29, 1.82) is 0 Å². The van der Waals surface area contributed by atoms with E-state index in [1.54, 1.807) is 14.0 Å². The first-order valence-corrected chi connectivity index (χ1v) is 9.08. The van der Waals surface area contributed by atoms with Crippen molar-refractivity contribution in [3.8, 4) is 5.75 Å². The smallest absolute Gasteiger partial charge is 0.242 e. The van der Waals surface area contributed by atoms with Gasteiger partial charge in [0.2, 0.25) is 11.8 Å². The molecule has 0 aliphatic carbocycles. The second-order valence-electron chi connectivity index (χ2n) is 6.67. The molecule has 1 heterocycles. The number of ether oxygens (including phenoxy) is 1. The maximum atomic E-state index is 12.5. The average molecular weight is 367 g/mol. The van der Waals surface area contributed by atoms with E-state index in [9.17, 15) is 9.59 Å². The van der Waals surface area contributed by atoms with E-state index >= 15 is 0 Å². The quantitative estimate of drug-likeness (QED) is 0.723. The van der Waals surface area contributed by atoms with Gasteiger partial charge in [0, 0.05) is 18.7 Å². The third-order valence-electron chi connectivity index (χ3n) is 4.80. The van der Waals surface area contributed by atoms with Crippen LogP contribution in [-0.2, 0) is 29.1 Å². The lowest BCUT2D eigenvalue weighted by Gasteiger charge is -2.26. The fourth-order valence-electron chi connectivity index (χ4n) is 3.20. The molecule has 3 rings (SSSR count). The van der Waals surface area contributed by atoms with Gasteiger partial charge in [0.05, 0.1) is 13.2 Å². The van der Waals surface area contributed by atoms with Crippen molar-refractivity contribution in [2.45, 2.75) is 38.5 Å². The van der Waals surface area contributed by atoms with Crippen LogP contribution in [0, 0.1) is 0 Å². The van der Waals surface area contributed by atoms with E-state index in [-0.39, 0.29) is 17.9 Å². The first kappa shape index (κ1) is 18.9. The van der Waals surface area contributed by atoms with Gasteiger partial charge in [-0.1, -0.05) is 42.5 Å². The van der Waals surface area contributed by atoms with E-state index in [4.69, 9.17) is 4.74 Å². The van der Waals surface area contributed by atoms with Gasteiger partial charge in [-0.3, -0.25) is 9.59 Å². The second-order valence-corrected chi connectivity index (χ2v) is 6.67. The van der Waals surface area contributed by atoms with Crippen LogP contribution in [0.25, 0.3) is 0 Å². The van der Waals surface area contributed by atoms with E-state index < -0.39 is 6.04 Å². The molecule has 0 saturated carbocycles. The van der Waals surface area contributed by atoms with Gasteiger partial charge in [0.1, 0.15) is 11.8 Å². The lowest BCUT2D eigenvalue weighted by molar-refractivity contribution is -0.129. The molecule has 27 heavy (non-hydrogen) atoms. The topological polar surface area (TPSA) is 79.5 Å². The Balaban J connectivity index is 1.51. The van der Waals surface area contributed by atoms with Crippen LogP contribution in [0.1, 0.15) is 23.6 Å². The number of hydrogen-bond donors (Lipinski definition) is 3. The SMILES string of the molecule is COc1ccccc1CNC(=O)[C@@H](C)NC(=O)[C@@H]1Cc2ccccc2CN1. The highest BCUT2D eigenvalue weighted by Crippen LogP contribution is 2.17. The zero-order valence-corrected chi connectivity index (χ0v) is 15.6. The van der Waals surface area contributed by atoms with Crippen molar-refractivity contribution < 1.29 is 14.3 Å². The van der Waals surface area contributed by atoms with Crippen molar-refractivity contribution >= 4 is 11.8 Å². The molecular formula is C21H25N3O3. The summed E-state index contributed by atoms with van der Waals surface area (Å²) in [6.07, 6.45) is 0.623. The Labute approximate surface area is 159 Å². The van der Waals surface area contributed by atoms with Crippen LogP contribution in [-0.4, -0.2) is 31.0 Å². The molecule has 0 fully saturated rings. The van der Waals surface area contributed by atoms with Crippen molar-refractivity contribution in [1.82, 2.24) is 16.0 Å². The molecule has 0 radical (unpaired) electrons. The monoisotopic (exact) mass is 367 g/mol. The predicted molar refractivity (Wildman–Crippen MR) is 103 cm³/mol. The molecule has 0 aromatic heterocycles. The van der Waals surface area contributed by atoms with Crippen LogP contribution in [0.5, 0.6) is 5.75 Å². The summed E-state index contributed by atoms with van der Waals surface area (Å²) >= 11 is 0. The summed E-state index contributed by atoms with van der Waals surface area (Å²) in [5.74, 6) is 0.328. The molecular weight excluding hydrogens is 342 g/mol. The molecule has 0 spiro atoms. The van der Waals surface area contributed by atoms with Crippen molar-refractivity contribution in [2.75, 3.05) is 7.11 Å². The Morgan fingerprint density at radius 3 is 2.63 bits per heavy atom. The standard InChI is InChI=1S/C21H25N3O3/c1-14(20(25)23-13-17-9-5-6-10-19(17)27-2)24-21(26)18-11-15-7-3-4-8-16(15)12-22-18/h3-10,14,18,22H,11-13H2,1-2H3,(H,23,25)(H,24,26)/t14-,18+/m1/s1. The maximum Gasteiger partial charge on any atom is 0.242 e. The first-order valence-electron chi connectivity index (χ1n) is 9.08. The molecule has 2 atom stereocenters. The van der Waals surface area contributed by atoms with E-state index in [0.717, 1.165) is 11.3 Å². The van der Waals surface area contributed by atoms with Crippen LogP contribution in [0.4, 0.5) is 0 Å². The molecule has 2 aromatic carbocycles. The first-order chi connectivity index (χ1) is 13.1. The van der Waals surface area contributed by atoms with Crippen LogP contribution >= 0.6 is 0 Å². The summed E-state index contributed by atoms with van der Waals surface area (Å²) in [7, 11) is 1.60. The number of carbonyl (C=O) groups excluding carboxylic acids is 2. The third kappa shape index (κ3) is 4.65. The Morgan fingerprint density at radius 1 is 1.15 bits per heavy atom. The van der Waals surface area contributed by atoms with Gasteiger partial charge in [-0.05, 0) is 30.5 Å². The minimum atomic E-state index is -0.619. The molecule has 0 unspecified atom stereocenters. The Bertz CT molecular complexity index is 822. The summed E-state index contributed by atoms with van der Waals surface area (Å²) in [5, 5.41) is 8.88. The zero-order chi connectivity index (χ0) is 19.2. The number of amides is 2. The van der Waals surface area contributed by atoms with Crippen molar-refractivity contribution in [3.05, 3.63) is 65.2 Å². The fraction of sp³-hybridized carbons (Fsp3) is 0.333. The zero-order valence-electron chi connectivity index (χ0n) is 15.6. The number of hydrogen-bond acceptors (Lipinski definition) is 4. The van der Waals surface area contributed by atoms with Crippen LogP contribution in [0.15, 0.2) is 48.5 Å². The highest BCUT2D eigenvalue weighted by molar-refractivity contribution is 5.89. The minimum absolute atomic E-state index is 0.163. The predicted octanol–water partition coefficient (Wildman–Crippen LogP) is 1.53. The molecule has 1 aliphatic heterocycles. The van der Waals surface area contributed by atoms with Gasteiger partial charge < -0.3 is 20.7 Å². The largest absolute Gasteiger partial charge is 0.496 e. The molecule has 142 valence electrons. The number of methoxy groups -OCH3 is 1. The number of benzene rings is 2. The normalized spacial score (nSPS) is 16.7. The Hall–Kier alpha value is -2.86. The summed E-state index contributed by atoms with van der Waals surface area (Å²) in [4.78, 5) is 24.9. The molecule has 2 amide bonds. The van der Waals surface area contributed by atoms with Gasteiger partial charge in [0.25, 0.3) is 0 Å². The van der Waals surface area contributed by atoms with Crippen molar-refractivity contribution in [3.63, 3.8) is 0 Å². The van der Waals surface area contributed by atoms with E-state index in [1.165, 1.54) is 11.1 Å². The van der Waals surface area contributed by atoms with Crippen LogP contribution in [0.3, 0.4) is 0 Å². The number of nitrogens with one attached hydrogen (secondary N) is 3. The van der Waals surface area contributed by atoms with E-state index in [0.29, 0.717) is 19.5 Å². The van der Waals surface area contributed by atoms with Gasteiger partial charge >= 0.3 is 0 Å². The van der Waals surface area contributed by atoms with Gasteiger partial charge in [-0.25, -0.2) is 0 Å². The number of carbonyl (C=O) groups is 2. The van der Waals surface area contributed by atoms with Gasteiger partial charge in [-0.15, -0.1) is 0 Å². The highest BCUT2D eigenvalue weighted by atomic mass is 16.5. The number of rotatable bonds is 6.